The minimum absolute atomic E-state index is 0.0766. The lowest BCUT2D eigenvalue weighted by molar-refractivity contribution is 0.0911. The zero-order valence-electron chi connectivity index (χ0n) is 12.2. The second kappa shape index (κ2) is 5.53. The molecule has 0 fully saturated rings. The first kappa shape index (κ1) is 14.7. The quantitative estimate of drug-likeness (QED) is 0.807. The van der Waals surface area contributed by atoms with E-state index in [2.05, 4.69) is 38.5 Å². The smallest absolute Gasteiger partial charge is 0.265 e. The van der Waals surface area contributed by atoms with Crippen molar-refractivity contribution in [3.63, 3.8) is 0 Å². The van der Waals surface area contributed by atoms with Crippen molar-refractivity contribution >= 4 is 5.91 Å². The molecule has 0 aromatic heterocycles. The molecule has 0 aliphatic rings. The fourth-order valence-electron chi connectivity index (χ4n) is 1.45. The van der Waals surface area contributed by atoms with Gasteiger partial charge in [0.05, 0.1) is 0 Å². The van der Waals surface area contributed by atoms with Crippen molar-refractivity contribution in [2.45, 2.75) is 47.6 Å². The maximum atomic E-state index is 12.1. The van der Waals surface area contributed by atoms with E-state index in [4.69, 9.17) is 0 Å². The Hall–Kier alpha value is -1.35. The zero-order chi connectivity index (χ0) is 13.9. The summed E-state index contributed by atoms with van der Waals surface area (Å²) in [4.78, 5) is 12.1. The predicted molar refractivity (Wildman–Crippen MR) is 75.4 cm³/mol. The Bertz CT molecular complexity index is 433. The highest BCUT2D eigenvalue weighted by atomic mass is 16.2. The Morgan fingerprint density at radius 3 is 2.39 bits per heavy atom. The molecule has 1 aromatic carbocycles. The van der Waals surface area contributed by atoms with Gasteiger partial charge in [0.25, 0.3) is 5.91 Å². The Morgan fingerprint density at radius 1 is 1.22 bits per heavy atom. The third-order valence-corrected chi connectivity index (χ3v) is 3.55. The van der Waals surface area contributed by atoms with Crippen LogP contribution in [-0.4, -0.2) is 11.9 Å². The summed E-state index contributed by atoms with van der Waals surface area (Å²) in [5, 5.41) is 0. The van der Waals surface area contributed by atoms with Crippen molar-refractivity contribution in [1.82, 2.24) is 10.9 Å². The number of carbonyl (C=O) groups is 1. The van der Waals surface area contributed by atoms with Crippen molar-refractivity contribution in [3.05, 3.63) is 34.9 Å². The summed E-state index contributed by atoms with van der Waals surface area (Å²) in [7, 11) is 0. The number of carbonyl (C=O) groups excluding carboxylic acids is 1. The molecule has 1 atom stereocenters. The molecule has 1 aromatic rings. The second-order valence-corrected chi connectivity index (χ2v) is 5.93. The number of hydrogen-bond donors (Lipinski definition) is 2. The van der Waals surface area contributed by atoms with E-state index in [0.717, 1.165) is 16.7 Å². The molecule has 1 amide bonds. The standard InChI is InChI=1S/C15H24N2O/c1-10-8-7-9-13(11(10)2)14(18)17-16-12(3)15(4,5)6/h7-9,12,16H,1-6H3,(H,17,18). The normalized spacial score (nSPS) is 13.2. The van der Waals surface area contributed by atoms with Crippen LogP contribution in [0.4, 0.5) is 0 Å². The van der Waals surface area contributed by atoms with Crippen LogP contribution >= 0.6 is 0 Å². The largest absolute Gasteiger partial charge is 0.287 e. The van der Waals surface area contributed by atoms with Crippen LogP contribution in [0.1, 0.15) is 49.2 Å². The summed E-state index contributed by atoms with van der Waals surface area (Å²) >= 11 is 0. The highest BCUT2D eigenvalue weighted by Gasteiger charge is 2.20. The van der Waals surface area contributed by atoms with Gasteiger partial charge in [0.1, 0.15) is 0 Å². The van der Waals surface area contributed by atoms with Gasteiger partial charge in [0.2, 0.25) is 0 Å². The van der Waals surface area contributed by atoms with Crippen molar-refractivity contribution in [3.8, 4) is 0 Å². The second-order valence-electron chi connectivity index (χ2n) is 5.93. The molecule has 0 aliphatic carbocycles. The average molecular weight is 248 g/mol. The van der Waals surface area contributed by atoms with Crippen molar-refractivity contribution < 1.29 is 4.79 Å². The summed E-state index contributed by atoms with van der Waals surface area (Å²) in [6.07, 6.45) is 0. The number of nitrogens with one attached hydrogen (secondary N) is 2. The maximum Gasteiger partial charge on any atom is 0.265 e. The fraction of sp³-hybridized carbons (Fsp3) is 0.533. The van der Waals surface area contributed by atoms with Gasteiger partial charge in [-0.2, -0.15) is 0 Å². The molecule has 0 saturated heterocycles. The van der Waals surface area contributed by atoms with Crippen LogP contribution in [0.25, 0.3) is 0 Å². The molecule has 1 unspecified atom stereocenters. The highest BCUT2D eigenvalue weighted by molar-refractivity contribution is 5.95. The zero-order valence-corrected chi connectivity index (χ0v) is 12.2. The van der Waals surface area contributed by atoms with E-state index in [1.54, 1.807) is 0 Å². The number of hydrazine groups is 1. The van der Waals surface area contributed by atoms with Gasteiger partial charge >= 0.3 is 0 Å². The predicted octanol–water partition coefficient (Wildman–Crippen LogP) is 2.97. The lowest BCUT2D eigenvalue weighted by Gasteiger charge is -2.28. The lowest BCUT2D eigenvalue weighted by Crippen LogP contribution is -2.48. The summed E-state index contributed by atoms with van der Waals surface area (Å²) in [5.74, 6) is -0.0766. The van der Waals surface area contributed by atoms with E-state index in [9.17, 15) is 4.79 Å². The number of aryl methyl sites for hydroxylation is 1. The summed E-state index contributed by atoms with van der Waals surface area (Å²) < 4.78 is 0. The van der Waals surface area contributed by atoms with E-state index in [0.29, 0.717) is 0 Å². The van der Waals surface area contributed by atoms with Crippen LogP contribution in [0, 0.1) is 19.3 Å². The van der Waals surface area contributed by atoms with Crippen molar-refractivity contribution in [2.75, 3.05) is 0 Å². The molecule has 2 N–H and O–H groups in total. The lowest BCUT2D eigenvalue weighted by atomic mass is 9.89. The summed E-state index contributed by atoms with van der Waals surface area (Å²) in [6.45, 7) is 12.4. The van der Waals surface area contributed by atoms with Gasteiger partial charge in [-0.15, -0.1) is 0 Å². The summed E-state index contributed by atoms with van der Waals surface area (Å²) in [5.41, 5.74) is 8.84. The van der Waals surface area contributed by atoms with Crippen LogP contribution in [0.5, 0.6) is 0 Å². The number of rotatable bonds is 3. The number of amides is 1. The molecule has 100 valence electrons. The van der Waals surface area contributed by atoms with Gasteiger partial charge in [-0.1, -0.05) is 32.9 Å². The molecule has 1 rings (SSSR count). The van der Waals surface area contributed by atoms with Gasteiger partial charge in [0.15, 0.2) is 0 Å². The van der Waals surface area contributed by atoms with E-state index >= 15 is 0 Å². The van der Waals surface area contributed by atoms with Gasteiger partial charge in [-0.3, -0.25) is 10.2 Å². The SMILES string of the molecule is Cc1cccc(C(=O)NNC(C)C(C)(C)C)c1C. The number of hydrogen-bond acceptors (Lipinski definition) is 2. The minimum atomic E-state index is -0.0766. The van der Waals surface area contributed by atoms with E-state index < -0.39 is 0 Å². The van der Waals surface area contributed by atoms with E-state index in [1.807, 2.05) is 32.0 Å². The Morgan fingerprint density at radius 2 is 1.83 bits per heavy atom. The first-order valence-electron chi connectivity index (χ1n) is 6.35. The highest BCUT2D eigenvalue weighted by Crippen LogP contribution is 2.18. The molecule has 0 saturated carbocycles. The Balaban J connectivity index is 2.70. The molecule has 0 spiro atoms. The van der Waals surface area contributed by atoms with Crippen LogP contribution in [0.15, 0.2) is 18.2 Å². The van der Waals surface area contributed by atoms with Gasteiger partial charge in [0, 0.05) is 11.6 Å². The van der Waals surface area contributed by atoms with Crippen molar-refractivity contribution in [2.24, 2.45) is 5.41 Å². The molecular weight excluding hydrogens is 224 g/mol. The Kier molecular flexibility index (Phi) is 4.52. The van der Waals surface area contributed by atoms with Crippen LogP contribution < -0.4 is 10.9 Å². The maximum absolute atomic E-state index is 12.1. The van der Waals surface area contributed by atoms with Crippen molar-refractivity contribution in [1.29, 1.82) is 0 Å². The third-order valence-electron chi connectivity index (χ3n) is 3.55. The van der Waals surface area contributed by atoms with Crippen LogP contribution in [0.2, 0.25) is 0 Å². The van der Waals surface area contributed by atoms with Gasteiger partial charge < -0.3 is 0 Å². The molecule has 18 heavy (non-hydrogen) atoms. The molecule has 3 heteroatoms. The topological polar surface area (TPSA) is 41.1 Å². The first-order chi connectivity index (χ1) is 8.23. The van der Waals surface area contributed by atoms with Gasteiger partial charge in [-0.05, 0) is 43.4 Å². The number of benzene rings is 1. The molecular formula is C15H24N2O. The Labute approximate surface area is 110 Å². The minimum Gasteiger partial charge on any atom is -0.287 e. The first-order valence-corrected chi connectivity index (χ1v) is 6.35. The van der Waals surface area contributed by atoms with Crippen LogP contribution in [0.3, 0.4) is 0 Å². The average Bonchev–Trinajstić information content (AvgIpc) is 2.27. The fourth-order valence-corrected chi connectivity index (χ4v) is 1.45. The van der Waals surface area contributed by atoms with E-state index in [1.165, 1.54) is 0 Å². The molecule has 0 heterocycles. The van der Waals surface area contributed by atoms with Gasteiger partial charge in [-0.25, -0.2) is 5.43 Å². The molecule has 3 nitrogen and oxygen atoms in total. The molecule has 0 aliphatic heterocycles. The van der Waals surface area contributed by atoms with Crippen LogP contribution in [-0.2, 0) is 0 Å². The molecule has 0 bridgehead atoms. The summed E-state index contributed by atoms with van der Waals surface area (Å²) in [6, 6.07) is 5.97. The third kappa shape index (κ3) is 3.57. The molecule has 0 radical (unpaired) electrons. The monoisotopic (exact) mass is 248 g/mol. The van der Waals surface area contributed by atoms with E-state index in [-0.39, 0.29) is 17.4 Å².